The van der Waals surface area contributed by atoms with Gasteiger partial charge in [0.25, 0.3) is 0 Å². The molecule has 0 radical (unpaired) electrons. The molecule has 0 aliphatic rings. The van der Waals surface area contributed by atoms with Crippen LogP contribution in [0.25, 0.3) is 0 Å². The first-order valence-electron chi connectivity index (χ1n) is 26.0. The van der Waals surface area contributed by atoms with Crippen molar-refractivity contribution >= 4 is 13.8 Å². The molecule has 0 bridgehead atoms. The number of quaternary nitrogens is 1. The monoisotopic (exact) mass is 907 g/mol. The number of ether oxygens (including phenoxy) is 2. The van der Waals surface area contributed by atoms with Gasteiger partial charge in [-0.1, -0.05) is 190 Å². The van der Waals surface area contributed by atoms with Crippen LogP contribution in [0.3, 0.4) is 0 Å². The third-order valence-electron chi connectivity index (χ3n) is 11.1. The maximum absolute atomic E-state index is 12.8. The number of esters is 1. The quantitative estimate of drug-likeness (QED) is 0.0214. The van der Waals surface area contributed by atoms with E-state index >= 15 is 0 Å². The summed E-state index contributed by atoms with van der Waals surface area (Å²) in [5.74, 6) is -0.327. The summed E-state index contributed by atoms with van der Waals surface area (Å²) in [6, 6.07) is 0. The van der Waals surface area contributed by atoms with E-state index in [0.29, 0.717) is 24.1 Å². The van der Waals surface area contributed by atoms with E-state index < -0.39 is 13.9 Å². The van der Waals surface area contributed by atoms with Gasteiger partial charge in [-0.25, -0.2) is 4.57 Å². The van der Waals surface area contributed by atoms with Gasteiger partial charge in [0.1, 0.15) is 19.3 Å². The molecule has 0 amide bonds. The number of hydrogen-bond acceptors (Lipinski definition) is 6. The van der Waals surface area contributed by atoms with Crippen LogP contribution in [0, 0.1) is 0 Å². The minimum absolute atomic E-state index is 0.0831. The highest BCUT2D eigenvalue weighted by atomic mass is 31.2. The average Bonchev–Trinajstić information content (AvgIpc) is 3.24. The second-order valence-corrected chi connectivity index (χ2v) is 20.0. The van der Waals surface area contributed by atoms with E-state index in [1.54, 1.807) is 0 Å². The number of carbonyl (C=O) groups is 1. The molecular formula is C54H101NO7P+. The van der Waals surface area contributed by atoms with Crippen molar-refractivity contribution in [2.45, 2.75) is 225 Å². The summed E-state index contributed by atoms with van der Waals surface area (Å²) in [5.41, 5.74) is 0. The lowest BCUT2D eigenvalue weighted by Crippen LogP contribution is -2.37. The van der Waals surface area contributed by atoms with Crippen LogP contribution in [0.4, 0.5) is 0 Å². The van der Waals surface area contributed by atoms with Crippen LogP contribution < -0.4 is 0 Å². The molecule has 0 aromatic heterocycles. The Morgan fingerprint density at radius 2 is 0.873 bits per heavy atom. The van der Waals surface area contributed by atoms with Gasteiger partial charge in [0, 0.05) is 13.0 Å². The molecule has 0 fully saturated rings. The number of carbonyl (C=O) groups excluding carboxylic acids is 1. The summed E-state index contributed by atoms with van der Waals surface area (Å²) < 4.78 is 35.2. The average molecular weight is 907 g/mol. The topological polar surface area (TPSA) is 91.3 Å². The molecule has 0 saturated carbocycles. The first kappa shape index (κ1) is 61.2. The SMILES string of the molecule is CCCCC/C=C\C/C=C\CCCCCCCCCCCCOCC(COP(=O)(O)OCC[N+](C)(C)C)OC(=O)CCCCCCCC/C=C\C/C=C\C/C=C\CCCCCCC. The molecule has 2 unspecified atom stereocenters. The number of rotatable bonds is 48. The Bertz CT molecular complexity index is 1190. The predicted octanol–water partition coefficient (Wildman–Crippen LogP) is 16.1. The smallest absolute Gasteiger partial charge is 0.457 e. The highest BCUT2D eigenvalue weighted by molar-refractivity contribution is 7.47. The molecule has 0 aliphatic heterocycles. The van der Waals surface area contributed by atoms with E-state index in [4.69, 9.17) is 18.5 Å². The van der Waals surface area contributed by atoms with E-state index in [2.05, 4.69) is 74.6 Å². The van der Waals surface area contributed by atoms with Gasteiger partial charge in [-0.15, -0.1) is 0 Å². The van der Waals surface area contributed by atoms with Crippen molar-refractivity contribution in [2.75, 3.05) is 54.1 Å². The van der Waals surface area contributed by atoms with Crippen LogP contribution in [0.2, 0.25) is 0 Å². The van der Waals surface area contributed by atoms with E-state index in [1.165, 1.54) is 135 Å². The molecule has 63 heavy (non-hydrogen) atoms. The normalized spacial score (nSPS) is 14.1. The summed E-state index contributed by atoms with van der Waals surface area (Å²) in [6.07, 6.45) is 59.7. The van der Waals surface area contributed by atoms with Crippen LogP contribution in [-0.2, 0) is 27.9 Å². The zero-order valence-corrected chi connectivity index (χ0v) is 42.7. The number of phosphoric ester groups is 1. The van der Waals surface area contributed by atoms with Crippen LogP contribution in [-0.4, -0.2) is 75.6 Å². The minimum Gasteiger partial charge on any atom is -0.457 e. The number of allylic oxidation sites excluding steroid dienone is 10. The minimum atomic E-state index is -4.29. The molecule has 0 rings (SSSR count). The highest BCUT2D eigenvalue weighted by Crippen LogP contribution is 2.43. The molecule has 0 aromatic rings. The Morgan fingerprint density at radius 3 is 1.33 bits per heavy atom. The second kappa shape index (κ2) is 46.7. The summed E-state index contributed by atoms with van der Waals surface area (Å²) in [6.45, 7) is 5.58. The summed E-state index contributed by atoms with van der Waals surface area (Å²) >= 11 is 0. The molecular weight excluding hydrogens is 806 g/mol. The fraction of sp³-hybridized carbons (Fsp3) is 0.796. The van der Waals surface area contributed by atoms with Crippen molar-refractivity contribution in [1.82, 2.24) is 0 Å². The standard InChI is InChI=1S/C54H100NO7P/c1-6-8-10-12-14-16-18-20-22-24-26-28-29-31-33-35-37-39-41-43-45-47-54(56)62-53(52-61-63(57,58)60-50-48-55(3,4)5)51-59-49-46-44-42-40-38-36-34-32-30-27-25-23-21-19-17-15-13-11-9-7-2/h15,17-18,20-21,23-24,26,29,31,53H,6-14,16,19,22,25,27-28,30,32-52H2,1-5H3/p+1/b17-15-,20-18-,23-21-,26-24-,31-29-. The van der Waals surface area contributed by atoms with E-state index in [0.717, 1.165) is 64.2 Å². The number of unbranched alkanes of at least 4 members (excludes halogenated alkanes) is 24. The Labute approximate surface area is 390 Å². The van der Waals surface area contributed by atoms with Gasteiger partial charge in [-0.05, 0) is 83.5 Å². The van der Waals surface area contributed by atoms with Gasteiger partial charge in [-0.2, -0.15) is 0 Å². The summed E-state index contributed by atoms with van der Waals surface area (Å²) in [5, 5.41) is 0. The van der Waals surface area contributed by atoms with Gasteiger partial charge in [0.05, 0.1) is 34.4 Å². The maximum atomic E-state index is 12.8. The molecule has 8 nitrogen and oxygen atoms in total. The van der Waals surface area contributed by atoms with Gasteiger partial charge in [-0.3, -0.25) is 13.8 Å². The molecule has 2 atom stereocenters. The van der Waals surface area contributed by atoms with Crippen molar-refractivity contribution in [1.29, 1.82) is 0 Å². The third-order valence-corrected chi connectivity index (χ3v) is 12.0. The van der Waals surface area contributed by atoms with Gasteiger partial charge >= 0.3 is 13.8 Å². The zero-order chi connectivity index (χ0) is 46.2. The van der Waals surface area contributed by atoms with E-state index in [1.807, 2.05) is 21.1 Å². The van der Waals surface area contributed by atoms with Crippen molar-refractivity contribution < 1.29 is 37.3 Å². The lowest BCUT2D eigenvalue weighted by atomic mass is 10.1. The Kier molecular flexibility index (Phi) is 45.4. The lowest BCUT2D eigenvalue weighted by Gasteiger charge is -2.24. The van der Waals surface area contributed by atoms with Crippen LogP contribution in [0.1, 0.15) is 219 Å². The molecule has 0 saturated heterocycles. The summed E-state index contributed by atoms with van der Waals surface area (Å²) in [4.78, 5) is 23.0. The zero-order valence-electron chi connectivity index (χ0n) is 41.8. The lowest BCUT2D eigenvalue weighted by molar-refractivity contribution is -0.870. The largest absolute Gasteiger partial charge is 0.472 e. The Balaban J connectivity index is 4.18. The van der Waals surface area contributed by atoms with Crippen LogP contribution in [0.5, 0.6) is 0 Å². The van der Waals surface area contributed by atoms with E-state index in [9.17, 15) is 14.3 Å². The maximum Gasteiger partial charge on any atom is 0.472 e. The molecule has 368 valence electrons. The first-order chi connectivity index (χ1) is 30.6. The number of nitrogens with zero attached hydrogens (tertiary/aromatic N) is 1. The van der Waals surface area contributed by atoms with E-state index in [-0.39, 0.29) is 25.8 Å². The summed E-state index contributed by atoms with van der Waals surface area (Å²) in [7, 11) is 1.65. The fourth-order valence-corrected chi connectivity index (χ4v) is 7.74. The molecule has 0 aromatic carbocycles. The van der Waals surface area contributed by atoms with Crippen molar-refractivity contribution in [3.63, 3.8) is 0 Å². The van der Waals surface area contributed by atoms with Crippen molar-refractivity contribution in [3.8, 4) is 0 Å². The van der Waals surface area contributed by atoms with Crippen molar-refractivity contribution in [3.05, 3.63) is 60.8 Å². The van der Waals surface area contributed by atoms with Gasteiger partial charge < -0.3 is 18.9 Å². The third kappa shape index (κ3) is 51.1. The number of likely N-dealkylation sites (N-methyl/N-ethyl adjacent to an activating group) is 1. The molecule has 0 spiro atoms. The highest BCUT2D eigenvalue weighted by Gasteiger charge is 2.26. The second-order valence-electron chi connectivity index (χ2n) is 18.5. The molecule has 9 heteroatoms. The molecule has 0 heterocycles. The Morgan fingerprint density at radius 1 is 0.492 bits per heavy atom. The molecule has 1 N–H and O–H groups in total. The van der Waals surface area contributed by atoms with Crippen LogP contribution >= 0.6 is 7.82 Å². The number of phosphoric acid groups is 1. The van der Waals surface area contributed by atoms with Gasteiger partial charge in [0.15, 0.2) is 0 Å². The molecule has 0 aliphatic carbocycles. The predicted molar refractivity (Wildman–Crippen MR) is 270 cm³/mol. The Hall–Kier alpha value is -1.80. The van der Waals surface area contributed by atoms with Gasteiger partial charge in [0.2, 0.25) is 0 Å². The van der Waals surface area contributed by atoms with Crippen molar-refractivity contribution in [2.24, 2.45) is 0 Å². The number of hydrogen-bond donors (Lipinski definition) is 1. The fourth-order valence-electron chi connectivity index (χ4n) is 7.00. The van der Waals surface area contributed by atoms with Crippen LogP contribution in [0.15, 0.2) is 60.8 Å². The first-order valence-corrected chi connectivity index (χ1v) is 27.5.